The number of aromatic nitrogens is 1. The number of anilines is 1. The molecular formula is C14H12Br2F2N2. The van der Waals surface area contributed by atoms with Gasteiger partial charge in [-0.3, -0.25) is 0 Å². The summed E-state index contributed by atoms with van der Waals surface area (Å²) in [7, 11) is 0. The van der Waals surface area contributed by atoms with Crippen LogP contribution in [0.4, 0.5) is 14.5 Å². The number of rotatable bonds is 3. The van der Waals surface area contributed by atoms with Crippen molar-refractivity contribution in [1.29, 1.82) is 0 Å². The number of hydrogen-bond acceptors (Lipinski definition) is 2. The van der Waals surface area contributed by atoms with Crippen molar-refractivity contribution < 1.29 is 8.78 Å². The lowest BCUT2D eigenvalue weighted by Crippen LogP contribution is -2.05. The van der Waals surface area contributed by atoms with E-state index >= 15 is 0 Å². The molecule has 2 nitrogen and oxygen atoms in total. The number of hydrogen-bond donors (Lipinski definition) is 1. The molecule has 20 heavy (non-hydrogen) atoms. The molecule has 0 amide bonds. The van der Waals surface area contributed by atoms with Gasteiger partial charge in [-0.1, -0.05) is 6.92 Å². The van der Waals surface area contributed by atoms with Gasteiger partial charge >= 0.3 is 0 Å². The molecule has 0 aliphatic heterocycles. The monoisotopic (exact) mass is 404 g/mol. The maximum atomic E-state index is 13.2. The first-order valence-corrected chi connectivity index (χ1v) is 7.52. The zero-order valence-corrected chi connectivity index (χ0v) is 13.8. The molecule has 1 aromatic heterocycles. The third kappa shape index (κ3) is 3.55. The van der Waals surface area contributed by atoms with E-state index in [1.807, 2.05) is 6.92 Å². The minimum absolute atomic E-state index is 0.0116. The molecular weight excluding hydrogens is 394 g/mol. The second kappa shape index (κ2) is 6.18. The first-order chi connectivity index (χ1) is 9.36. The van der Waals surface area contributed by atoms with Gasteiger partial charge in [-0.2, -0.15) is 0 Å². The summed E-state index contributed by atoms with van der Waals surface area (Å²) in [4.78, 5) is 4.37. The molecule has 0 spiro atoms. The van der Waals surface area contributed by atoms with Crippen LogP contribution in [-0.4, -0.2) is 4.98 Å². The first kappa shape index (κ1) is 15.4. The smallest absolute Gasteiger partial charge is 0.129 e. The van der Waals surface area contributed by atoms with E-state index in [2.05, 4.69) is 36.8 Å². The molecule has 0 radical (unpaired) electrons. The van der Waals surface area contributed by atoms with Crippen molar-refractivity contribution >= 4 is 37.5 Å². The lowest BCUT2D eigenvalue weighted by molar-refractivity contribution is 0.576. The van der Waals surface area contributed by atoms with Gasteiger partial charge < -0.3 is 5.73 Å². The average molecular weight is 406 g/mol. The Kier molecular flexibility index (Phi) is 4.75. The summed E-state index contributed by atoms with van der Waals surface area (Å²) in [5.41, 5.74) is 7.66. The highest BCUT2D eigenvalue weighted by Gasteiger charge is 2.15. The quantitative estimate of drug-likeness (QED) is 0.744. The van der Waals surface area contributed by atoms with Gasteiger partial charge in [0.15, 0.2) is 0 Å². The molecule has 106 valence electrons. The number of benzene rings is 1. The van der Waals surface area contributed by atoms with Gasteiger partial charge in [-0.15, -0.1) is 0 Å². The summed E-state index contributed by atoms with van der Waals surface area (Å²) >= 11 is 6.69. The van der Waals surface area contributed by atoms with Crippen molar-refractivity contribution in [3.05, 3.63) is 56.2 Å². The summed E-state index contributed by atoms with van der Waals surface area (Å²) < 4.78 is 27.7. The minimum atomic E-state index is -0.572. The highest BCUT2D eigenvalue weighted by molar-refractivity contribution is 9.11. The van der Waals surface area contributed by atoms with E-state index < -0.39 is 11.6 Å². The predicted octanol–water partition coefficient (Wildman–Crippen LogP) is 4.81. The van der Waals surface area contributed by atoms with Gasteiger partial charge in [0, 0.05) is 16.5 Å². The van der Waals surface area contributed by atoms with Gasteiger partial charge in [-0.25, -0.2) is 13.8 Å². The highest BCUT2D eigenvalue weighted by Crippen LogP contribution is 2.31. The molecule has 1 atom stereocenters. The van der Waals surface area contributed by atoms with Crippen LogP contribution in [0.2, 0.25) is 0 Å². The highest BCUT2D eigenvalue weighted by atomic mass is 79.9. The standard InChI is InChI=1S/C14H12Br2F2N2/c1-7(2-8-3-9(17)5-10(18)4-8)13-11(15)6-12(19)14(16)20-13/h3-7H,2,19H2,1H3/t7-/m0/s1. The SMILES string of the molecule is C[C@@H](Cc1cc(F)cc(F)c1)c1nc(Br)c(N)cc1Br. The van der Waals surface area contributed by atoms with Crippen LogP contribution >= 0.6 is 31.9 Å². The Labute approximate surface area is 132 Å². The number of nitrogen functional groups attached to an aromatic ring is 1. The number of halogens is 4. The van der Waals surface area contributed by atoms with Gasteiger partial charge in [0.1, 0.15) is 16.2 Å². The molecule has 0 aliphatic rings. The van der Waals surface area contributed by atoms with Crippen LogP contribution in [0.25, 0.3) is 0 Å². The number of nitrogens with zero attached hydrogens (tertiary/aromatic N) is 1. The normalized spacial score (nSPS) is 12.4. The van der Waals surface area contributed by atoms with Crippen molar-refractivity contribution in [2.24, 2.45) is 0 Å². The third-order valence-corrected chi connectivity index (χ3v) is 4.19. The molecule has 0 bridgehead atoms. The topological polar surface area (TPSA) is 38.9 Å². The fourth-order valence-corrected chi connectivity index (χ4v) is 3.05. The van der Waals surface area contributed by atoms with Crippen LogP contribution in [-0.2, 0) is 6.42 Å². The lowest BCUT2D eigenvalue weighted by atomic mass is 9.97. The zero-order valence-electron chi connectivity index (χ0n) is 10.6. The molecule has 2 rings (SSSR count). The Hall–Kier alpha value is -1.01. The number of pyridine rings is 1. The van der Waals surface area contributed by atoms with E-state index in [1.54, 1.807) is 6.07 Å². The third-order valence-electron chi connectivity index (χ3n) is 2.91. The van der Waals surface area contributed by atoms with Crippen LogP contribution in [0.5, 0.6) is 0 Å². The Morgan fingerprint density at radius 1 is 1.15 bits per heavy atom. The van der Waals surface area contributed by atoms with E-state index in [-0.39, 0.29) is 5.92 Å². The Bertz CT molecular complexity index is 627. The maximum Gasteiger partial charge on any atom is 0.129 e. The fraction of sp³-hybridized carbons (Fsp3) is 0.214. The van der Waals surface area contributed by atoms with Crippen LogP contribution in [0.3, 0.4) is 0 Å². The maximum absolute atomic E-state index is 13.2. The zero-order chi connectivity index (χ0) is 14.9. The van der Waals surface area contributed by atoms with Crippen molar-refractivity contribution in [3.8, 4) is 0 Å². The van der Waals surface area contributed by atoms with Gasteiger partial charge in [0.05, 0.1) is 11.4 Å². The molecule has 0 aliphatic carbocycles. The molecule has 0 unspecified atom stereocenters. The van der Waals surface area contributed by atoms with E-state index in [9.17, 15) is 8.78 Å². The van der Waals surface area contributed by atoms with Crippen LogP contribution in [0.1, 0.15) is 24.1 Å². The summed E-state index contributed by atoms with van der Waals surface area (Å²) in [6.07, 6.45) is 0.483. The van der Waals surface area contributed by atoms with Gasteiger partial charge in [0.25, 0.3) is 0 Å². The minimum Gasteiger partial charge on any atom is -0.397 e. The van der Waals surface area contributed by atoms with Crippen molar-refractivity contribution in [2.75, 3.05) is 5.73 Å². The molecule has 2 N–H and O–H groups in total. The molecule has 1 aromatic carbocycles. The van der Waals surface area contributed by atoms with Crippen molar-refractivity contribution in [2.45, 2.75) is 19.3 Å². The van der Waals surface area contributed by atoms with E-state index in [0.717, 1.165) is 16.2 Å². The Morgan fingerprint density at radius 3 is 2.35 bits per heavy atom. The van der Waals surface area contributed by atoms with Crippen LogP contribution in [0, 0.1) is 11.6 Å². The van der Waals surface area contributed by atoms with Crippen LogP contribution in [0.15, 0.2) is 33.3 Å². The fourth-order valence-electron chi connectivity index (χ4n) is 2.02. The van der Waals surface area contributed by atoms with Crippen molar-refractivity contribution in [1.82, 2.24) is 4.98 Å². The Balaban J connectivity index is 2.28. The summed E-state index contributed by atoms with van der Waals surface area (Å²) in [5.74, 6) is -1.15. The summed E-state index contributed by atoms with van der Waals surface area (Å²) in [5, 5.41) is 0. The summed E-state index contributed by atoms with van der Waals surface area (Å²) in [6, 6.07) is 5.29. The van der Waals surface area contributed by atoms with E-state index in [1.165, 1.54) is 12.1 Å². The van der Waals surface area contributed by atoms with Gasteiger partial charge in [0.2, 0.25) is 0 Å². The second-order valence-electron chi connectivity index (χ2n) is 4.62. The molecule has 0 fully saturated rings. The summed E-state index contributed by atoms with van der Waals surface area (Å²) in [6.45, 7) is 1.94. The molecule has 1 heterocycles. The lowest BCUT2D eigenvalue weighted by Gasteiger charge is -2.14. The van der Waals surface area contributed by atoms with Crippen molar-refractivity contribution in [3.63, 3.8) is 0 Å². The molecule has 6 heteroatoms. The van der Waals surface area contributed by atoms with E-state index in [4.69, 9.17) is 5.73 Å². The largest absolute Gasteiger partial charge is 0.397 e. The van der Waals surface area contributed by atoms with Crippen LogP contribution < -0.4 is 5.73 Å². The molecule has 2 aromatic rings. The van der Waals surface area contributed by atoms with Gasteiger partial charge in [-0.05, 0) is 62.0 Å². The predicted molar refractivity (Wildman–Crippen MR) is 82.5 cm³/mol. The number of nitrogens with two attached hydrogens (primary N) is 1. The molecule has 0 saturated carbocycles. The average Bonchev–Trinajstić information content (AvgIpc) is 2.32. The Morgan fingerprint density at radius 2 is 1.75 bits per heavy atom. The van der Waals surface area contributed by atoms with E-state index in [0.29, 0.717) is 22.3 Å². The molecule has 0 saturated heterocycles. The second-order valence-corrected chi connectivity index (χ2v) is 6.22. The first-order valence-electron chi connectivity index (χ1n) is 5.93.